The van der Waals surface area contributed by atoms with E-state index in [4.69, 9.17) is 0 Å². The van der Waals surface area contributed by atoms with Gasteiger partial charge >= 0.3 is 5.97 Å². The Bertz CT molecular complexity index is 1250. The number of aromatic nitrogens is 4. The zero-order chi connectivity index (χ0) is 22.9. The van der Waals surface area contributed by atoms with E-state index in [0.717, 1.165) is 5.56 Å². The maximum atomic E-state index is 11.7. The van der Waals surface area contributed by atoms with Gasteiger partial charge in [-0.15, -0.1) is 0 Å². The highest BCUT2D eigenvalue weighted by Crippen LogP contribution is 2.28. The number of aryl methyl sites for hydroxylation is 1. The van der Waals surface area contributed by atoms with Gasteiger partial charge in [0.1, 0.15) is 0 Å². The first-order valence-electron chi connectivity index (χ1n) is 10.1. The van der Waals surface area contributed by atoms with Gasteiger partial charge in [-0.05, 0) is 31.4 Å². The number of nitrogens with one attached hydrogen (secondary N) is 1. The Hall–Kier alpha value is -3.31. The Morgan fingerprint density at radius 2 is 1.91 bits per heavy atom. The van der Waals surface area contributed by atoms with Gasteiger partial charge in [-0.25, -0.2) is 27.5 Å². The summed E-state index contributed by atoms with van der Waals surface area (Å²) in [5, 5.41) is 17.0. The quantitative estimate of drug-likeness (QED) is 0.579. The molecule has 0 aliphatic carbocycles. The van der Waals surface area contributed by atoms with E-state index < -0.39 is 16.0 Å². The lowest BCUT2D eigenvalue weighted by atomic mass is 10.0. The lowest BCUT2D eigenvalue weighted by Gasteiger charge is -2.30. The molecule has 0 atom stereocenters. The van der Waals surface area contributed by atoms with Gasteiger partial charge in [-0.2, -0.15) is 5.10 Å². The number of nitrogens with zero attached hydrogens (tertiary/aromatic N) is 5. The maximum Gasteiger partial charge on any atom is 0.336 e. The Morgan fingerprint density at radius 3 is 2.59 bits per heavy atom. The van der Waals surface area contributed by atoms with Gasteiger partial charge in [0.25, 0.3) is 0 Å². The molecular formula is C21H24N6O4S. The van der Waals surface area contributed by atoms with Gasteiger partial charge in [-0.1, -0.05) is 18.2 Å². The summed E-state index contributed by atoms with van der Waals surface area (Å²) < 4.78 is 26.7. The lowest BCUT2D eigenvalue weighted by molar-refractivity contribution is 0.0697. The van der Waals surface area contributed by atoms with Crippen molar-refractivity contribution >= 4 is 27.6 Å². The minimum absolute atomic E-state index is 0.112. The molecule has 1 saturated heterocycles. The van der Waals surface area contributed by atoms with Crippen LogP contribution in [-0.4, -0.2) is 62.9 Å². The third-order valence-electron chi connectivity index (χ3n) is 5.51. The van der Waals surface area contributed by atoms with Gasteiger partial charge < -0.3 is 10.4 Å². The van der Waals surface area contributed by atoms with Crippen LogP contribution >= 0.6 is 0 Å². The SMILES string of the molecule is Cc1cnc(Nc2cnn(C3CCN(S(C)(=O)=O)CC3)c2)nc1-c1ccccc1C(=O)O. The van der Waals surface area contributed by atoms with Crippen molar-refractivity contribution in [1.82, 2.24) is 24.1 Å². The molecule has 11 heteroatoms. The van der Waals surface area contributed by atoms with Gasteiger partial charge in [0, 0.05) is 31.0 Å². The van der Waals surface area contributed by atoms with E-state index in [2.05, 4.69) is 20.4 Å². The van der Waals surface area contributed by atoms with E-state index in [-0.39, 0.29) is 11.6 Å². The number of hydrogen-bond donors (Lipinski definition) is 2. The number of rotatable bonds is 6. The highest BCUT2D eigenvalue weighted by molar-refractivity contribution is 7.88. The summed E-state index contributed by atoms with van der Waals surface area (Å²) in [5.41, 5.74) is 2.69. The highest BCUT2D eigenvalue weighted by atomic mass is 32.2. The summed E-state index contributed by atoms with van der Waals surface area (Å²) in [6, 6.07) is 6.84. The number of carbonyl (C=O) groups is 1. The summed E-state index contributed by atoms with van der Waals surface area (Å²) in [5.74, 6) is -0.687. The third-order valence-corrected chi connectivity index (χ3v) is 6.81. The summed E-state index contributed by atoms with van der Waals surface area (Å²) in [6.45, 7) is 2.78. The standard InChI is InChI=1S/C21H24N6O4S/c1-14-11-22-21(25-19(14)17-5-3-4-6-18(17)20(28)29)24-15-12-23-27(13-15)16-7-9-26(10-8-16)32(2,30)31/h3-6,11-13,16H,7-10H2,1-2H3,(H,28,29)(H,22,24,25). The molecule has 1 aliphatic heterocycles. The first-order chi connectivity index (χ1) is 15.2. The van der Waals surface area contributed by atoms with Crippen LogP contribution in [0.2, 0.25) is 0 Å². The molecule has 4 rings (SSSR count). The predicted molar refractivity (Wildman–Crippen MR) is 119 cm³/mol. The molecule has 2 N–H and O–H groups in total. The molecule has 0 bridgehead atoms. The molecule has 1 aromatic carbocycles. The third kappa shape index (κ3) is 4.63. The number of carboxylic acid groups (broad SMARTS) is 1. The fraction of sp³-hybridized carbons (Fsp3) is 0.333. The Labute approximate surface area is 186 Å². The second-order valence-corrected chi connectivity index (χ2v) is 9.79. The van der Waals surface area contributed by atoms with Crippen molar-refractivity contribution in [3.8, 4) is 11.3 Å². The smallest absolute Gasteiger partial charge is 0.336 e. The summed E-state index contributed by atoms with van der Waals surface area (Å²) in [7, 11) is -3.17. The molecule has 168 valence electrons. The Kier molecular flexibility index (Phi) is 5.94. The van der Waals surface area contributed by atoms with E-state index in [1.807, 2.05) is 17.8 Å². The average Bonchev–Trinajstić information content (AvgIpc) is 3.23. The van der Waals surface area contributed by atoms with E-state index >= 15 is 0 Å². The fourth-order valence-corrected chi connectivity index (χ4v) is 4.69. The zero-order valence-corrected chi connectivity index (χ0v) is 18.6. The average molecular weight is 457 g/mol. The first-order valence-corrected chi connectivity index (χ1v) is 12.0. The Morgan fingerprint density at radius 1 is 1.19 bits per heavy atom. The predicted octanol–water partition coefficient (Wildman–Crippen LogP) is 2.69. The monoisotopic (exact) mass is 456 g/mol. The van der Waals surface area contributed by atoms with Crippen LogP contribution in [-0.2, 0) is 10.0 Å². The summed E-state index contributed by atoms with van der Waals surface area (Å²) in [4.78, 5) is 20.5. The van der Waals surface area contributed by atoms with Crippen LogP contribution in [0.5, 0.6) is 0 Å². The van der Waals surface area contributed by atoms with Crippen LogP contribution in [0, 0.1) is 6.92 Å². The molecule has 1 fully saturated rings. The van der Waals surface area contributed by atoms with Crippen LogP contribution in [0.4, 0.5) is 11.6 Å². The summed E-state index contributed by atoms with van der Waals surface area (Å²) >= 11 is 0. The van der Waals surface area contributed by atoms with Crippen LogP contribution < -0.4 is 5.32 Å². The van der Waals surface area contributed by atoms with Crippen molar-refractivity contribution in [2.75, 3.05) is 24.7 Å². The van der Waals surface area contributed by atoms with E-state index in [1.54, 1.807) is 36.7 Å². The maximum absolute atomic E-state index is 11.7. The fourth-order valence-electron chi connectivity index (χ4n) is 3.82. The molecule has 3 heterocycles. The van der Waals surface area contributed by atoms with Crippen molar-refractivity contribution < 1.29 is 18.3 Å². The van der Waals surface area contributed by atoms with Crippen LogP contribution in [0.1, 0.15) is 34.8 Å². The minimum atomic E-state index is -3.17. The number of aromatic carboxylic acids is 1. The molecule has 0 saturated carbocycles. The molecule has 3 aromatic rings. The minimum Gasteiger partial charge on any atom is -0.478 e. The van der Waals surface area contributed by atoms with Gasteiger partial charge in [0.05, 0.1) is 35.4 Å². The van der Waals surface area contributed by atoms with E-state index in [9.17, 15) is 18.3 Å². The van der Waals surface area contributed by atoms with Crippen LogP contribution in [0.25, 0.3) is 11.3 Å². The molecule has 1 aliphatic rings. The highest BCUT2D eigenvalue weighted by Gasteiger charge is 2.26. The molecule has 0 radical (unpaired) electrons. The Balaban J connectivity index is 1.51. The number of sulfonamides is 1. The second-order valence-electron chi connectivity index (χ2n) is 7.80. The molecule has 0 unspecified atom stereocenters. The largest absolute Gasteiger partial charge is 0.478 e. The topological polar surface area (TPSA) is 130 Å². The molecule has 0 amide bonds. The van der Waals surface area contributed by atoms with Gasteiger partial charge in [0.15, 0.2) is 0 Å². The van der Waals surface area contributed by atoms with Crippen LogP contribution in [0.15, 0.2) is 42.9 Å². The van der Waals surface area contributed by atoms with E-state index in [0.29, 0.717) is 48.8 Å². The molecule has 32 heavy (non-hydrogen) atoms. The lowest BCUT2D eigenvalue weighted by Crippen LogP contribution is -2.38. The van der Waals surface area contributed by atoms with E-state index in [1.165, 1.54) is 10.6 Å². The molecule has 2 aromatic heterocycles. The first kappa shape index (κ1) is 21.9. The summed E-state index contributed by atoms with van der Waals surface area (Å²) in [6.07, 6.45) is 7.76. The number of carboxylic acids is 1. The number of anilines is 2. The van der Waals surface area contributed by atoms with Crippen molar-refractivity contribution in [3.05, 3.63) is 54.0 Å². The molecule has 0 spiro atoms. The normalized spacial score (nSPS) is 15.6. The van der Waals surface area contributed by atoms with Crippen molar-refractivity contribution in [3.63, 3.8) is 0 Å². The number of hydrogen-bond acceptors (Lipinski definition) is 7. The van der Waals surface area contributed by atoms with Gasteiger partial charge in [-0.3, -0.25) is 4.68 Å². The van der Waals surface area contributed by atoms with Crippen molar-refractivity contribution in [1.29, 1.82) is 0 Å². The van der Waals surface area contributed by atoms with Gasteiger partial charge in [0.2, 0.25) is 16.0 Å². The second kappa shape index (κ2) is 8.67. The van der Waals surface area contributed by atoms with Crippen LogP contribution in [0.3, 0.4) is 0 Å². The van der Waals surface area contributed by atoms with Crippen molar-refractivity contribution in [2.45, 2.75) is 25.8 Å². The molecular weight excluding hydrogens is 432 g/mol. The number of piperidine rings is 1. The number of benzene rings is 1. The van der Waals surface area contributed by atoms with Crippen molar-refractivity contribution in [2.24, 2.45) is 0 Å². The zero-order valence-electron chi connectivity index (χ0n) is 17.8. The molecule has 10 nitrogen and oxygen atoms in total.